The predicted molar refractivity (Wildman–Crippen MR) is 111 cm³/mol. The maximum atomic E-state index is 12.6. The third-order valence-electron chi connectivity index (χ3n) is 4.48. The van der Waals surface area contributed by atoms with Crippen LogP contribution in [0.4, 0.5) is 17.1 Å². The number of amides is 1. The number of carbonyl (C=O) groups excluding carboxylic acids is 1. The number of ether oxygens (including phenoxy) is 2. The van der Waals surface area contributed by atoms with Crippen LogP contribution in [0.2, 0.25) is 5.02 Å². The van der Waals surface area contributed by atoms with E-state index in [1.165, 1.54) is 18.2 Å². The summed E-state index contributed by atoms with van der Waals surface area (Å²) in [6.45, 7) is 6.03. The zero-order chi connectivity index (χ0) is 21.1. The molecule has 9 heteroatoms. The Morgan fingerprint density at radius 3 is 2.83 bits per heavy atom. The third-order valence-corrected chi connectivity index (χ3v) is 4.81. The molecule has 2 aromatic rings. The number of anilines is 2. The van der Waals surface area contributed by atoms with E-state index in [2.05, 4.69) is 10.6 Å². The second-order valence-corrected chi connectivity index (χ2v) is 7.21. The number of nitro benzene ring substituents is 1. The lowest BCUT2D eigenvalue weighted by atomic mass is 10.1. The van der Waals surface area contributed by atoms with Crippen molar-refractivity contribution in [1.82, 2.24) is 0 Å². The Kier molecular flexibility index (Phi) is 6.12. The highest BCUT2D eigenvalue weighted by Gasteiger charge is 2.24. The van der Waals surface area contributed by atoms with Gasteiger partial charge >= 0.3 is 0 Å². The molecule has 0 radical (unpaired) electrons. The Bertz CT molecular complexity index is 950. The van der Waals surface area contributed by atoms with Crippen molar-refractivity contribution in [2.75, 3.05) is 17.2 Å². The van der Waals surface area contributed by atoms with E-state index in [-0.39, 0.29) is 22.5 Å². The van der Waals surface area contributed by atoms with Crippen LogP contribution in [0.5, 0.6) is 11.5 Å². The SMILES string of the molecule is CCOc1cc2c(cc1N[C@@H](C)C(=O)Nc1cc([N+](=O)[O-])ccc1Cl)O[C@@H](C)C2. The lowest BCUT2D eigenvalue weighted by molar-refractivity contribution is -0.384. The van der Waals surface area contributed by atoms with Crippen molar-refractivity contribution >= 4 is 34.6 Å². The van der Waals surface area contributed by atoms with Gasteiger partial charge in [0.1, 0.15) is 23.6 Å². The normalized spacial score (nSPS) is 15.8. The molecule has 0 saturated heterocycles. The number of non-ortho nitro benzene ring substituents is 1. The Balaban J connectivity index is 1.77. The van der Waals surface area contributed by atoms with Gasteiger partial charge in [0.15, 0.2) is 0 Å². The van der Waals surface area contributed by atoms with E-state index in [9.17, 15) is 14.9 Å². The monoisotopic (exact) mass is 419 g/mol. The van der Waals surface area contributed by atoms with Crippen LogP contribution in [0.25, 0.3) is 0 Å². The number of hydrogen-bond acceptors (Lipinski definition) is 6. The second-order valence-electron chi connectivity index (χ2n) is 6.80. The molecule has 0 fully saturated rings. The molecule has 2 atom stereocenters. The fourth-order valence-electron chi connectivity index (χ4n) is 3.09. The minimum Gasteiger partial charge on any atom is -0.492 e. The van der Waals surface area contributed by atoms with Gasteiger partial charge in [-0.15, -0.1) is 0 Å². The highest BCUT2D eigenvalue weighted by molar-refractivity contribution is 6.33. The van der Waals surface area contributed by atoms with Gasteiger partial charge in [-0.1, -0.05) is 11.6 Å². The summed E-state index contributed by atoms with van der Waals surface area (Å²) in [5.74, 6) is 0.999. The number of benzene rings is 2. The first-order valence-electron chi connectivity index (χ1n) is 9.26. The largest absolute Gasteiger partial charge is 0.492 e. The molecule has 2 N–H and O–H groups in total. The van der Waals surface area contributed by atoms with Gasteiger partial charge in [0.05, 0.1) is 27.9 Å². The van der Waals surface area contributed by atoms with Crippen LogP contribution < -0.4 is 20.1 Å². The smallest absolute Gasteiger partial charge is 0.271 e. The van der Waals surface area contributed by atoms with Gasteiger partial charge in [-0.3, -0.25) is 14.9 Å². The van der Waals surface area contributed by atoms with Gasteiger partial charge in [0.2, 0.25) is 5.91 Å². The van der Waals surface area contributed by atoms with Gasteiger partial charge in [-0.2, -0.15) is 0 Å². The van der Waals surface area contributed by atoms with Crippen LogP contribution in [0, 0.1) is 10.1 Å². The molecule has 8 nitrogen and oxygen atoms in total. The molecule has 1 heterocycles. The first-order chi connectivity index (χ1) is 13.8. The van der Waals surface area contributed by atoms with E-state index < -0.39 is 16.9 Å². The number of rotatable bonds is 7. The van der Waals surface area contributed by atoms with E-state index in [0.717, 1.165) is 17.7 Å². The van der Waals surface area contributed by atoms with Crippen molar-refractivity contribution in [3.63, 3.8) is 0 Å². The summed E-state index contributed by atoms with van der Waals surface area (Å²) in [5.41, 5.74) is 1.71. The van der Waals surface area contributed by atoms with Crippen molar-refractivity contribution in [3.05, 3.63) is 51.0 Å². The molecule has 0 bridgehead atoms. The standard InChI is InChI=1S/C20H22ClN3O5/c1-4-28-19-8-13-7-11(2)29-18(13)10-17(19)22-12(3)20(25)23-16-9-14(24(26)27)5-6-15(16)21/h5-6,8-12,22H,4,7H2,1-3H3,(H,23,25)/t11-,12-/m0/s1. The fourth-order valence-corrected chi connectivity index (χ4v) is 3.25. The first kappa shape index (κ1) is 20.7. The molecule has 0 unspecified atom stereocenters. The topological polar surface area (TPSA) is 103 Å². The molecule has 2 aromatic carbocycles. The number of halogens is 1. The van der Waals surface area contributed by atoms with Crippen LogP contribution >= 0.6 is 11.6 Å². The highest BCUT2D eigenvalue weighted by atomic mass is 35.5. The molecular weight excluding hydrogens is 398 g/mol. The van der Waals surface area contributed by atoms with E-state index in [1.54, 1.807) is 6.92 Å². The quantitative estimate of drug-likeness (QED) is 0.509. The van der Waals surface area contributed by atoms with Crippen LogP contribution in [-0.4, -0.2) is 29.6 Å². The van der Waals surface area contributed by atoms with Gasteiger partial charge in [0.25, 0.3) is 5.69 Å². The Morgan fingerprint density at radius 1 is 1.38 bits per heavy atom. The number of carbonyl (C=O) groups is 1. The second kappa shape index (κ2) is 8.57. The summed E-state index contributed by atoms with van der Waals surface area (Å²) in [6, 6.07) is 6.96. The first-order valence-corrected chi connectivity index (χ1v) is 9.64. The number of hydrogen-bond donors (Lipinski definition) is 2. The molecule has 154 valence electrons. The average Bonchev–Trinajstić information content (AvgIpc) is 3.02. The Hall–Kier alpha value is -3.00. The van der Waals surface area contributed by atoms with E-state index in [4.69, 9.17) is 21.1 Å². The maximum absolute atomic E-state index is 12.6. The fraction of sp³-hybridized carbons (Fsp3) is 0.350. The van der Waals surface area contributed by atoms with Crippen LogP contribution in [0.1, 0.15) is 26.3 Å². The summed E-state index contributed by atoms with van der Waals surface area (Å²) in [7, 11) is 0. The molecule has 3 rings (SSSR count). The van der Waals surface area contributed by atoms with Gasteiger partial charge in [-0.25, -0.2) is 0 Å². The molecule has 0 aromatic heterocycles. The Labute approximate surface area is 173 Å². The molecular formula is C20H22ClN3O5. The minimum absolute atomic E-state index is 0.0893. The molecule has 1 aliphatic rings. The lowest BCUT2D eigenvalue weighted by Gasteiger charge is -2.19. The highest BCUT2D eigenvalue weighted by Crippen LogP contribution is 2.38. The van der Waals surface area contributed by atoms with Gasteiger partial charge in [0, 0.05) is 30.2 Å². The number of nitrogens with one attached hydrogen (secondary N) is 2. The molecule has 1 amide bonds. The summed E-state index contributed by atoms with van der Waals surface area (Å²) in [4.78, 5) is 23.0. The Morgan fingerprint density at radius 2 is 2.14 bits per heavy atom. The van der Waals surface area contributed by atoms with Crippen LogP contribution in [0.15, 0.2) is 30.3 Å². The summed E-state index contributed by atoms with van der Waals surface area (Å²) < 4.78 is 11.5. The van der Waals surface area contributed by atoms with Crippen molar-refractivity contribution in [2.45, 2.75) is 39.3 Å². The summed E-state index contributed by atoms with van der Waals surface area (Å²) >= 11 is 6.06. The van der Waals surface area contributed by atoms with E-state index in [0.29, 0.717) is 18.0 Å². The van der Waals surface area contributed by atoms with Crippen molar-refractivity contribution in [2.24, 2.45) is 0 Å². The van der Waals surface area contributed by atoms with Gasteiger partial charge in [-0.05, 0) is 32.9 Å². The van der Waals surface area contributed by atoms with E-state index in [1.807, 2.05) is 26.0 Å². The zero-order valence-corrected chi connectivity index (χ0v) is 17.1. The van der Waals surface area contributed by atoms with Crippen molar-refractivity contribution in [1.29, 1.82) is 0 Å². The summed E-state index contributed by atoms with van der Waals surface area (Å²) in [6.07, 6.45) is 0.892. The third kappa shape index (κ3) is 4.71. The molecule has 1 aliphatic heterocycles. The molecule has 0 aliphatic carbocycles. The van der Waals surface area contributed by atoms with E-state index >= 15 is 0 Å². The van der Waals surface area contributed by atoms with Gasteiger partial charge < -0.3 is 20.1 Å². The zero-order valence-electron chi connectivity index (χ0n) is 16.3. The number of fused-ring (bicyclic) bond motifs is 1. The minimum atomic E-state index is -0.665. The summed E-state index contributed by atoms with van der Waals surface area (Å²) in [5, 5.41) is 16.9. The average molecular weight is 420 g/mol. The van der Waals surface area contributed by atoms with Crippen LogP contribution in [0.3, 0.4) is 0 Å². The maximum Gasteiger partial charge on any atom is 0.271 e. The number of nitro groups is 1. The molecule has 0 spiro atoms. The molecule has 29 heavy (non-hydrogen) atoms. The van der Waals surface area contributed by atoms with Crippen LogP contribution in [-0.2, 0) is 11.2 Å². The number of nitrogens with zero attached hydrogens (tertiary/aromatic N) is 1. The van der Waals surface area contributed by atoms with Crippen molar-refractivity contribution < 1.29 is 19.2 Å². The predicted octanol–water partition coefficient (Wildman–Crippen LogP) is 4.41. The molecule has 0 saturated carbocycles. The van der Waals surface area contributed by atoms with Crippen molar-refractivity contribution in [3.8, 4) is 11.5 Å². The lowest BCUT2D eigenvalue weighted by Crippen LogP contribution is -2.32.